The maximum Gasteiger partial charge on any atom is 0.267 e. The van der Waals surface area contributed by atoms with E-state index in [-0.39, 0.29) is 24.3 Å². The normalized spacial score (nSPS) is 12.2. The van der Waals surface area contributed by atoms with E-state index in [2.05, 4.69) is 39.4 Å². The van der Waals surface area contributed by atoms with E-state index in [4.69, 9.17) is 0 Å². The Morgan fingerprint density at radius 2 is 1.94 bits per heavy atom. The summed E-state index contributed by atoms with van der Waals surface area (Å²) in [7, 11) is 0. The Kier molecular flexibility index (Phi) is 6.43. The molecule has 0 bridgehead atoms. The number of benzene rings is 1. The van der Waals surface area contributed by atoms with E-state index in [1.165, 1.54) is 22.7 Å². The fraction of sp³-hybridized carbons (Fsp3) is 0.273. The first kappa shape index (κ1) is 21.2. The molecule has 0 aliphatic carbocycles. The summed E-state index contributed by atoms with van der Waals surface area (Å²) in [4.78, 5) is 37.9. The van der Waals surface area contributed by atoms with E-state index in [1.807, 2.05) is 35.7 Å². The molecule has 0 unspecified atom stereocenters. The van der Waals surface area contributed by atoms with Crippen LogP contribution in [-0.2, 0) is 11.2 Å². The van der Waals surface area contributed by atoms with Gasteiger partial charge in [0.2, 0.25) is 5.91 Å². The van der Waals surface area contributed by atoms with E-state index in [1.54, 1.807) is 11.4 Å². The molecule has 3 heterocycles. The first-order chi connectivity index (χ1) is 15.0. The predicted molar refractivity (Wildman–Crippen MR) is 125 cm³/mol. The third-order valence-electron chi connectivity index (χ3n) is 4.64. The van der Waals surface area contributed by atoms with Crippen LogP contribution in [0.1, 0.15) is 47.5 Å². The van der Waals surface area contributed by atoms with Gasteiger partial charge in [-0.2, -0.15) is 0 Å². The minimum Gasteiger partial charge on any atom is -0.346 e. The minimum absolute atomic E-state index is 0.132. The Morgan fingerprint density at radius 3 is 2.68 bits per heavy atom. The van der Waals surface area contributed by atoms with Gasteiger partial charge in [0.1, 0.15) is 5.82 Å². The summed E-state index contributed by atoms with van der Waals surface area (Å²) < 4.78 is 0. The van der Waals surface area contributed by atoms with Crippen molar-refractivity contribution in [1.82, 2.24) is 20.3 Å². The van der Waals surface area contributed by atoms with Gasteiger partial charge in [-0.05, 0) is 35.9 Å². The fourth-order valence-electron chi connectivity index (χ4n) is 3.27. The molecule has 0 saturated carbocycles. The number of amides is 2. The molecule has 0 radical (unpaired) electrons. The van der Waals surface area contributed by atoms with Crippen LogP contribution in [0, 0.1) is 5.92 Å². The number of nitrogens with zero attached hydrogens (tertiary/aromatic N) is 2. The van der Waals surface area contributed by atoms with Crippen molar-refractivity contribution in [3.05, 3.63) is 63.6 Å². The molecule has 4 aromatic rings. The number of rotatable bonds is 8. The largest absolute Gasteiger partial charge is 0.346 e. The number of imidazole rings is 1. The van der Waals surface area contributed by atoms with Crippen molar-refractivity contribution in [3.8, 4) is 0 Å². The van der Waals surface area contributed by atoms with Gasteiger partial charge in [-0.25, -0.2) is 9.97 Å². The van der Waals surface area contributed by atoms with Gasteiger partial charge >= 0.3 is 0 Å². The summed E-state index contributed by atoms with van der Waals surface area (Å²) in [5.41, 5.74) is 2.45. The third-order valence-corrected chi connectivity index (χ3v) is 6.31. The van der Waals surface area contributed by atoms with Crippen LogP contribution in [0.4, 0.5) is 5.13 Å². The Bertz CT molecular complexity index is 1150. The average molecular weight is 454 g/mol. The predicted octanol–water partition coefficient (Wildman–Crippen LogP) is 4.78. The number of carbonyl (C=O) groups is 2. The van der Waals surface area contributed by atoms with Crippen molar-refractivity contribution < 1.29 is 9.59 Å². The molecule has 1 aromatic carbocycles. The minimum atomic E-state index is -0.212. The van der Waals surface area contributed by atoms with E-state index in [9.17, 15) is 9.59 Å². The van der Waals surface area contributed by atoms with Gasteiger partial charge < -0.3 is 10.3 Å². The van der Waals surface area contributed by atoms with Gasteiger partial charge in [-0.1, -0.05) is 32.0 Å². The van der Waals surface area contributed by atoms with Gasteiger partial charge in [0.25, 0.3) is 5.91 Å². The van der Waals surface area contributed by atoms with Crippen molar-refractivity contribution in [2.24, 2.45) is 5.92 Å². The topological polar surface area (TPSA) is 99.8 Å². The zero-order valence-electron chi connectivity index (χ0n) is 17.2. The van der Waals surface area contributed by atoms with Gasteiger partial charge in [0, 0.05) is 5.38 Å². The third kappa shape index (κ3) is 5.36. The van der Waals surface area contributed by atoms with Gasteiger partial charge in [0.15, 0.2) is 5.13 Å². The van der Waals surface area contributed by atoms with Crippen LogP contribution >= 0.6 is 22.7 Å². The van der Waals surface area contributed by atoms with Crippen molar-refractivity contribution >= 4 is 50.7 Å². The van der Waals surface area contributed by atoms with Crippen LogP contribution in [-0.4, -0.2) is 26.8 Å². The lowest BCUT2D eigenvalue weighted by atomic mass is 10.0. The SMILES string of the molecule is CC(C)C[C@H](NC(=O)Cc1csc(NC(=O)c2cccs2)n1)c1nc2ccccc2[nH]1. The smallest absolute Gasteiger partial charge is 0.267 e. The van der Waals surface area contributed by atoms with Crippen LogP contribution in [0.5, 0.6) is 0 Å². The molecule has 2 amide bonds. The zero-order chi connectivity index (χ0) is 21.8. The van der Waals surface area contributed by atoms with Crippen LogP contribution in [0.15, 0.2) is 47.2 Å². The van der Waals surface area contributed by atoms with Crippen LogP contribution in [0.25, 0.3) is 11.0 Å². The Balaban J connectivity index is 1.41. The lowest BCUT2D eigenvalue weighted by Crippen LogP contribution is -2.31. The standard InChI is InChI=1S/C22H23N5O2S2/c1-13(2)10-17(20-25-15-6-3-4-7-16(15)26-20)24-19(28)11-14-12-31-22(23-14)27-21(29)18-8-5-9-30-18/h3-9,12-13,17H,10-11H2,1-2H3,(H,24,28)(H,25,26)(H,23,27,29)/t17-/m0/s1. The number of anilines is 1. The number of nitrogens with one attached hydrogen (secondary N) is 3. The number of para-hydroxylation sites is 2. The Hall–Kier alpha value is -3.04. The second-order valence-corrected chi connectivity index (χ2v) is 9.45. The molecule has 3 N–H and O–H groups in total. The summed E-state index contributed by atoms with van der Waals surface area (Å²) in [6.07, 6.45) is 0.908. The number of aromatic nitrogens is 3. The molecule has 0 fully saturated rings. The molecule has 9 heteroatoms. The van der Waals surface area contributed by atoms with Crippen molar-refractivity contribution in [2.75, 3.05) is 5.32 Å². The quantitative estimate of drug-likeness (QED) is 0.357. The second kappa shape index (κ2) is 9.40. The molecule has 1 atom stereocenters. The first-order valence-electron chi connectivity index (χ1n) is 10.0. The van der Waals surface area contributed by atoms with Crippen molar-refractivity contribution in [3.63, 3.8) is 0 Å². The van der Waals surface area contributed by atoms with Crippen molar-refractivity contribution in [2.45, 2.75) is 32.7 Å². The molecular weight excluding hydrogens is 430 g/mol. The molecule has 0 spiro atoms. The number of H-pyrrole nitrogens is 1. The van der Waals surface area contributed by atoms with Gasteiger partial charge in [-0.3, -0.25) is 14.9 Å². The number of hydrogen-bond donors (Lipinski definition) is 3. The zero-order valence-corrected chi connectivity index (χ0v) is 18.8. The molecule has 7 nitrogen and oxygen atoms in total. The number of aromatic amines is 1. The molecule has 160 valence electrons. The molecular formula is C22H23N5O2S2. The molecule has 0 aliphatic heterocycles. The van der Waals surface area contributed by atoms with Crippen LogP contribution in [0.2, 0.25) is 0 Å². The van der Waals surface area contributed by atoms with Crippen molar-refractivity contribution in [1.29, 1.82) is 0 Å². The first-order valence-corrected chi connectivity index (χ1v) is 11.8. The Morgan fingerprint density at radius 1 is 1.10 bits per heavy atom. The number of hydrogen-bond acceptors (Lipinski definition) is 6. The van der Waals surface area contributed by atoms with E-state index < -0.39 is 0 Å². The number of fused-ring (bicyclic) bond motifs is 1. The highest BCUT2D eigenvalue weighted by Crippen LogP contribution is 2.23. The summed E-state index contributed by atoms with van der Waals surface area (Å²) in [5, 5.41) is 10.00. The summed E-state index contributed by atoms with van der Waals surface area (Å²) >= 11 is 2.68. The number of carbonyl (C=O) groups excluding carboxylic acids is 2. The number of thiazole rings is 1. The summed E-state index contributed by atoms with van der Waals surface area (Å²) in [6, 6.07) is 11.2. The molecule has 0 aliphatic rings. The van der Waals surface area contributed by atoms with E-state index >= 15 is 0 Å². The summed E-state index contributed by atoms with van der Waals surface area (Å²) in [6.45, 7) is 4.23. The highest BCUT2D eigenvalue weighted by atomic mass is 32.1. The summed E-state index contributed by atoms with van der Waals surface area (Å²) in [5.74, 6) is 0.817. The molecule has 4 rings (SSSR count). The van der Waals surface area contributed by atoms with E-state index in [0.717, 1.165) is 23.3 Å². The number of thiophene rings is 1. The average Bonchev–Trinajstić information content (AvgIpc) is 3.47. The van der Waals surface area contributed by atoms with Gasteiger partial charge in [0.05, 0.1) is 34.1 Å². The van der Waals surface area contributed by atoms with E-state index in [0.29, 0.717) is 21.6 Å². The maximum absolute atomic E-state index is 12.7. The molecule has 31 heavy (non-hydrogen) atoms. The monoisotopic (exact) mass is 453 g/mol. The lowest BCUT2D eigenvalue weighted by molar-refractivity contribution is -0.121. The molecule has 3 aromatic heterocycles. The molecule has 0 saturated heterocycles. The second-order valence-electron chi connectivity index (χ2n) is 7.64. The highest BCUT2D eigenvalue weighted by molar-refractivity contribution is 7.14. The Labute approximate surface area is 187 Å². The highest BCUT2D eigenvalue weighted by Gasteiger charge is 2.20. The lowest BCUT2D eigenvalue weighted by Gasteiger charge is -2.18. The maximum atomic E-state index is 12.7. The fourth-order valence-corrected chi connectivity index (χ4v) is 4.59. The van der Waals surface area contributed by atoms with Gasteiger partial charge in [-0.15, -0.1) is 22.7 Å². The van der Waals surface area contributed by atoms with Crippen LogP contribution < -0.4 is 10.6 Å². The van der Waals surface area contributed by atoms with Crippen LogP contribution in [0.3, 0.4) is 0 Å².